The van der Waals surface area contributed by atoms with Gasteiger partial charge in [-0.2, -0.15) is 8.75 Å². The fourth-order valence-electron chi connectivity index (χ4n) is 2.78. The second-order valence-corrected chi connectivity index (χ2v) is 6.00. The maximum Gasteiger partial charge on any atom is 0.203 e. The molecule has 0 atom stereocenters. The Balaban J connectivity index is 1.49. The number of nitrogens with zero attached hydrogens (tertiary/aromatic N) is 2. The monoisotopic (exact) mass is 343 g/mol. The van der Waals surface area contributed by atoms with Crippen LogP contribution in [0.2, 0.25) is 0 Å². The maximum atomic E-state index is 5.67. The Bertz CT molecular complexity index is 848. The van der Waals surface area contributed by atoms with Crippen LogP contribution in [0.15, 0.2) is 30.3 Å². The first kappa shape index (κ1) is 15.2. The molecule has 0 radical (unpaired) electrons. The largest absolute Gasteiger partial charge is 0.493 e. The first-order valence-corrected chi connectivity index (χ1v) is 8.45. The number of benzene rings is 2. The molecule has 0 spiro atoms. The van der Waals surface area contributed by atoms with Gasteiger partial charge in [0.05, 0.1) is 18.8 Å². The van der Waals surface area contributed by atoms with Crippen LogP contribution in [0.5, 0.6) is 17.2 Å². The van der Waals surface area contributed by atoms with Gasteiger partial charge >= 0.3 is 0 Å². The summed E-state index contributed by atoms with van der Waals surface area (Å²) in [7, 11) is 1.64. The molecule has 0 unspecified atom stereocenters. The summed E-state index contributed by atoms with van der Waals surface area (Å²) in [5.74, 6) is 2.13. The number of methoxy groups -OCH3 is 1. The summed E-state index contributed by atoms with van der Waals surface area (Å²) in [6.07, 6.45) is 0. The van der Waals surface area contributed by atoms with Crippen molar-refractivity contribution in [1.82, 2.24) is 14.1 Å². The molecule has 24 heavy (non-hydrogen) atoms. The Kier molecular flexibility index (Phi) is 4.18. The molecule has 0 saturated heterocycles. The van der Waals surface area contributed by atoms with Crippen LogP contribution < -0.4 is 19.5 Å². The molecule has 7 heteroatoms. The minimum atomic E-state index is 0.548. The van der Waals surface area contributed by atoms with Crippen LogP contribution in [0, 0.1) is 0 Å². The van der Waals surface area contributed by atoms with Gasteiger partial charge in [0.1, 0.15) is 24.2 Å². The van der Waals surface area contributed by atoms with Gasteiger partial charge in [0.15, 0.2) is 11.5 Å². The van der Waals surface area contributed by atoms with Gasteiger partial charge in [-0.15, -0.1) is 0 Å². The zero-order valence-corrected chi connectivity index (χ0v) is 14.1. The first-order chi connectivity index (χ1) is 11.8. The fraction of sp³-hybridized carbons (Fsp3) is 0.294. The van der Waals surface area contributed by atoms with Crippen molar-refractivity contribution in [3.8, 4) is 17.2 Å². The van der Waals surface area contributed by atoms with E-state index >= 15 is 0 Å². The molecule has 124 valence electrons. The summed E-state index contributed by atoms with van der Waals surface area (Å²) in [4.78, 5) is 0. The summed E-state index contributed by atoms with van der Waals surface area (Å²) in [6.45, 7) is 2.53. The molecule has 1 N–H and O–H groups in total. The van der Waals surface area contributed by atoms with Crippen LogP contribution in [0.1, 0.15) is 11.1 Å². The molecule has 4 rings (SSSR count). The van der Waals surface area contributed by atoms with Crippen LogP contribution in [-0.4, -0.2) is 29.1 Å². The molecule has 0 fully saturated rings. The summed E-state index contributed by atoms with van der Waals surface area (Å²) >= 11 is 1.24. The Hall–Kier alpha value is -2.38. The fourth-order valence-corrected chi connectivity index (χ4v) is 3.34. The van der Waals surface area contributed by atoms with Gasteiger partial charge in [-0.25, -0.2) is 0 Å². The third kappa shape index (κ3) is 2.88. The topological polar surface area (TPSA) is 65.5 Å². The number of hydrogen-bond donors (Lipinski definition) is 1. The molecule has 0 saturated carbocycles. The molecule has 2 aromatic carbocycles. The predicted octanol–water partition coefficient (Wildman–Crippen LogP) is 2.76. The van der Waals surface area contributed by atoms with Gasteiger partial charge in [-0.3, -0.25) is 0 Å². The highest BCUT2D eigenvalue weighted by Gasteiger charge is 2.18. The van der Waals surface area contributed by atoms with E-state index in [0.717, 1.165) is 34.5 Å². The van der Waals surface area contributed by atoms with E-state index in [1.54, 1.807) is 7.11 Å². The van der Waals surface area contributed by atoms with Crippen molar-refractivity contribution in [2.75, 3.05) is 20.3 Å². The molecule has 6 nitrogen and oxygen atoms in total. The molecule has 0 bridgehead atoms. The highest BCUT2D eigenvalue weighted by molar-refractivity contribution is 7.00. The van der Waals surface area contributed by atoms with Crippen molar-refractivity contribution in [3.63, 3.8) is 0 Å². The third-order valence-corrected chi connectivity index (χ3v) is 4.44. The number of rotatable bonds is 5. The van der Waals surface area contributed by atoms with Crippen molar-refractivity contribution in [2.45, 2.75) is 13.1 Å². The predicted molar refractivity (Wildman–Crippen MR) is 91.9 cm³/mol. The lowest BCUT2D eigenvalue weighted by atomic mass is 10.1. The summed E-state index contributed by atoms with van der Waals surface area (Å²) in [6, 6.07) is 10.0. The van der Waals surface area contributed by atoms with Gasteiger partial charge in [-0.05, 0) is 29.3 Å². The average molecular weight is 343 g/mol. The normalized spacial score (nSPS) is 13.2. The molecule has 2 heterocycles. The standard InChI is InChI=1S/C17H17N3O3S/c1-21-14-7-11(8-15-17(14)23-6-5-22-15)9-18-10-12-3-2-4-13-16(12)20-24-19-13/h2-4,7-8,18H,5-6,9-10H2,1H3. The van der Waals surface area contributed by atoms with Crippen molar-refractivity contribution in [3.05, 3.63) is 41.5 Å². The Morgan fingerprint density at radius 1 is 1.17 bits per heavy atom. The van der Waals surface area contributed by atoms with E-state index in [9.17, 15) is 0 Å². The molecule has 0 aliphatic carbocycles. The van der Waals surface area contributed by atoms with Crippen LogP contribution in [0.4, 0.5) is 0 Å². The Morgan fingerprint density at radius 3 is 3.00 bits per heavy atom. The highest BCUT2D eigenvalue weighted by Crippen LogP contribution is 2.40. The SMILES string of the molecule is COc1cc(CNCc2cccc3nsnc23)cc2c1OCCO2. The zero-order chi connectivity index (χ0) is 16.4. The van der Waals surface area contributed by atoms with E-state index in [1.807, 2.05) is 24.3 Å². The Morgan fingerprint density at radius 2 is 2.08 bits per heavy atom. The lowest BCUT2D eigenvalue weighted by molar-refractivity contribution is 0.165. The number of aromatic nitrogens is 2. The van der Waals surface area contributed by atoms with E-state index in [0.29, 0.717) is 31.3 Å². The van der Waals surface area contributed by atoms with Crippen LogP contribution in [-0.2, 0) is 13.1 Å². The van der Waals surface area contributed by atoms with Crippen molar-refractivity contribution in [1.29, 1.82) is 0 Å². The van der Waals surface area contributed by atoms with Crippen LogP contribution in [0.25, 0.3) is 11.0 Å². The smallest absolute Gasteiger partial charge is 0.203 e. The van der Waals surface area contributed by atoms with Gasteiger partial charge in [0.25, 0.3) is 0 Å². The lowest BCUT2D eigenvalue weighted by Crippen LogP contribution is -2.17. The molecular weight excluding hydrogens is 326 g/mol. The van der Waals surface area contributed by atoms with Gasteiger partial charge < -0.3 is 19.5 Å². The molecule has 1 aliphatic heterocycles. The molecule has 0 amide bonds. The number of hydrogen-bond acceptors (Lipinski definition) is 7. The first-order valence-electron chi connectivity index (χ1n) is 7.72. The van der Waals surface area contributed by atoms with Crippen LogP contribution >= 0.6 is 11.7 Å². The Labute approximate surface area is 143 Å². The second kappa shape index (κ2) is 6.62. The third-order valence-electron chi connectivity index (χ3n) is 3.90. The second-order valence-electron chi connectivity index (χ2n) is 5.47. The van der Waals surface area contributed by atoms with Crippen molar-refractivity contribution in [2.24, 2.45) is 0 Å². The van der Waals surface area contributed by atoms with Gasteiger partial charge in [0, 0.05) is 13.1 Å². The lowest BCUT2D eigenvalue weighted by Gasteiger charge is -2.21. The molecule has 1 aliphatic rings. The maximum absolute atomic E-state index is 5.67. The zero-order valence-electron chi connectivity index (χ0n) is 13.2. The average Bonchev–Trinajstić information content (AvgIpc) is 3.10. The van der Waals surface area contributed by atoms with Crippen molar-refractivity contribution >= 4 is 22.8 Å². The summed E-state index contributed by atoms with van der Waals surface area (Å²) in [5.41, 5.74) is 4.14. The van der Waals surface area contributed by atoms with E-state index in [1.165, 1.54) is 11.7 Å². The molecule has 3 aromatic rings. The number of ether oxygens (including phenoxy) is 3. The van der Waals surface area contributed by atoms with Gasteiger partial charge in [0.2, 0.25) is 5.75 Å². The minimum absolute atomic E-state index is 0.548. The minimum Gasteiger partial charge on any atom is -0.493 e. The van der Waals surface area contributed by atoms with Gasteiger partial charge in [-0.1, -0.05) is 12.1 Å². The quantitative estimate of drug-likeness (QED) is 0.768. The van der Waals surface area contributed by atoms with E-state index in [4.69, 9.17) is 14.2 Å². The molecule has 1 aromatic heterocycles. The number of nitrogens with one attached hydrogen (secondary N) is 1. The number of fused-ring (bicyclic) bond motifs is 2. The summed E-state index contributed by atoms with van der Waals surface area (Å²) in [5, 5.41) is 3.44. The van der Waals surface area contributed by atoms with E-state index < -0.39 is 0 Å². The molecular formula is C17H17N3O3S. The van der Waals surface area contributed by atoms with E-state index in [2.05, 4.69) is 20.1 Å². The van der Waals surface area contributed by atoms with E-state index in [-0.39, 0.29) is 0 Å². The highest BCUT2D eigenvalue weighted by atomic mass is 32.1. The summed E-state index contributed by atoms with van der Waals surface area (Å²) < 4.78 is 25.3. The van der Waals surface area contributed by atoms with Crippen molar-refractivity contribution < 1.29 is 14.2 Å². The van der Waals surface area contributed by atoms with Crippen LogP contribution in [0.3, 0.4) is 0 Å².